The lowest BCUT2D eigenvalue weighted by Crippen LogP contribution is -2.38. The van der Waals surface area contributed by atoms with Crippen molar-refractivity contribution in [3.63, 3.8) is 0 Å². The van der Waals surface area contributed by atoms with Crippen molar-refractivity contribution >= 4 is 5.91 Å². The predicted octanol–water partition coefficient (Wildman–Crippen LogP) is 2.27. The second-order valence-electron chi connectivity index (χ2n) is 6.04. The molecule has 1 aliphatic carbocycles. The molecule has 0 saturated heterocycles. The minimum atomic E-state index is 0.0521. The Balaban J connectivity index is 1.78. The number of rotatable bonds is 6. The Hall–Kier alpha value is -1.55. The quantitative estimate of drug-likeness (QED) is 0.874. The maximum atomic E-state index is 12.2. The minimum Gasteiger partial charge on any atom is -0.508 e. The first-order valence-corrected chi connectivity index (χ1v) is 7.79. The van der Waals surface area contributed by atoms with Gasteiger partial charge in [0.05, 0.1) is 6.42 Å². The van der Waals surface area contributed by atoms with E-state index in [4.69, 9.17) is 0 Å². The molecule has 1 saturated carbocycles. The van der Waals surface area contributed by atoms with Gasteiger partial charge in [0.25, 0.3) is 0 Å². The fourth-order valence-electron chi connectivity index (χ4n) is 2.92. The fourth-order valence-corrected chi connectivity index (χ4v) is 2.92. The van der Waals surface area contributed by atoms with Crippen LogP contribution in [0.3, 0.4) is 0 Å². The van der Waals surface area contributed by atoms with E-state index in [2.05, 4.69) is 11.9 Å². The summed E-state index contributed by atoms with van der Waals surface area (Å²) >= 11 is 0. The average Bonchev–Trinajstić information content (AvgIpc) is 3.01. The van der Waals surface area contributed by atoms with Crippen LogP contribution < -0.4 is 0 Å². The summed E-state index contributed by atoms with van der Waals surface area (Å²) in [5.41, 5.74) is 0.693. The molecule has 0 heterocycles. The minimum absolute atomic E-state index is 0.0521. The molecule has 4 heteroatoms. The molecule has 21 heavy (non-hydrogen) atoms. The van der Waals surface area contributed by atoms with Crippen molar-refractivity contribution in [2.45, 2.75) is 38.1 Å². The summed E-state index contributed by atoms with van der Waals surface area (Å²) in [4.78, 5) is 16.3. The van der Waals surface area contributed by atoms with Crippen LogP contribution in [-0.2, 0) is 11.2 Å². The summed E-state index contributed by atoms with van der Waals surface area (Å²) in [6.45, 7) is 1.65. The molecule has 1 aromatic carbocycles. The highest BCUT2D eigenvalue weighted by molar-refractivity contribution is 5.79. The van der Waals surface area contributed by atoms with Gasteiger partial charge in [0, 0.05) is 31.7 Å². The molecule has 0 unspecified atom stereocenters. The van der Waals surface area contributed by atoms with Gasteiger partial charge in [0.15, 0.2) is 0 Å². The van der Waals surface area contributed by atoms with Crippen LogP contribution in [0.25, 0.3) is 0 Å². The van der Waals surface area contributed by atoms with E-state index in [1.807, 2.05) is 13.1 Å². The molecule has 0 atom stereocenters. The average molecular weight is 290 g/mol. The highest BCUT2D eigenvalue weighted by Crippen LogP contribution is 2.22. The third-order valence-electron chi connectivity index (χ3n) is 4.50. The number of amides is 1. The zero-order valence-electron chi connectivity index (χ0n) is 13.1. The smallest absolute Gasteiger partial charge is 0.226 e. The molecule has 0 radical (unpaired) electrons. The zero-order valence-corrected chi connectivity index (χ0v) is 13.1. The Morgan fingerprint density at radius 3 is 2.52 bits per heavy atom. The van der Waals surface area contributed by atoms with Crippen molar-refractivity contribution in [1.82, 2.24) is 9.80 Å². The van der Waals surface area contributed by atoms with Gasteiger partial charge in [-0.2, -0.15) is 0 Å². The van der Waals surface area contributed by atoms with Crippen molar-refractivity contribution in [3.8, 4) is 5.75 Å². The van der Waals surface area contributed by atoms with Crippen molar-refractivity contribution < 1.29 is 9.90 Å². The van der Waals surface area contributed by atoms with Gasteiger partial charge in [-0.15, -0.1) is 0 Å². The number of hydrogen-bond donors (Lipinski definition) is 1. The van der Waals surface area contributed by atoms with Gasteiger partial charge in [0.1, 0.15) is 5.75 Å². The van der Waals surface area contributed by atoms with E-state index in [0.29, 0.717) is 11.6 Å². The molecule has 0 aromatic heterocycles. The summed E-state index contributed by atoms with van der Waals surface area (Å²) in [7, 11) is 3.99. The number of para-hydroxylation sites is 1. The van der Waals surface area contributed by atoms with Crippen molar-refractivity contribution in [2.75, 3.05) is 27.2 Å². The Morgan fingerprint density at radius 1 is 1.19 bits per heavy atom. The van der Waals surface area contributed by atoms with Crippen LogP contribution in [0.4, 0.5) is 0 Å². The Labute approximate surface area is 127 Å². The van der Waals surface area contributed by atoms with E-state index in [0.717, 1.165) is 13.1 Å². The van der Waals surface area contributed by atoms with Gasteiger partial charge < -0.3 is 14.9 Å². The molecule has 1 fully saturated rings. The van der Waals surface area contributed by atoms with E-state index in [9.17, 15) is 9.90 Å². The lowest BCUT2D eigenvalue weighted by molar-refractivity contribution is -0.129. The SMILES string of the molecule is CN(CCN(C)C1CCCC1)C(=O)Cc1ccccc1O. The fraction of sp³-hybridized carbons (Fsp3) is 0.588. The normalized spacial score (nSPS) is 15.6. The van der Waals surface area contributed by atoms with Crippen LogP contribution in [0, 0.1) is 0 Å². The van der Waals surface area contributed by atoms with Gasteiger partial charge in [0.2, 0.25) is 5.91 Å². The van der Waals surface area contributed by atoms with Crippen LogP contribution in [0.1, 0.15) is 31.2 Å². The highest BCUT2D eigenvalue weighted by Gasteiger charge is 2.20. The number of carbonyl (C=O) groups is 1. The molecule has 0 bridgehead atoms. The molecule has 0 aliphatic heterocycles. The van der Waals surface area contributed by atoms with Crippen molar-refractivity contribution in [2.24, 2.45) is 0 Å². The topological polar surface area (TPSA) is 43.8 Å². The number of benzene rings is 1. The lowest BCUT2D eigenvalue weighted by Gasteiger charge is -2.27. The van der Waals surface area contributed by atoms with Gasteiger partial charge in [-0.3, -0.25) is 4.79 Å². The van der Waals surface area contributed by atoms with E-state index in [1.54, 1.807) is 23.1 Å². The number of carbonyl (C=O) groups excluding carboxylic acids is 1. The summed E-state index contributed by atoms with van der Waals surface area (Å²) in [5.74, 6) is 0.249. The summed E-state index contributed by atoms with van der Waals surface area (Å²) in [6.07, 6.45) is 5.49. The van der Waals surface area contributed by atoms with Crippen LogP contribution in [0.2, 0.25) is 0 Å². The summed E-state index contributed by atoms with van der Waals surface area (Å²) in [6, 6.07) is 7.72. The molecular formula is C17H26N2O2. The third-order valence-corrected chi connectivity index (χ3v) is 4.50. The van der Waals surface area contributed by atoms with Gasteiger partial charge >= 0.3 is 0 Å². The first kappa shape index (κ1) is 15.8. The number of hydrogen-bond acceptors (Lipinski definition) is 3. The van der Waals surface area contributed by atoms with Gasteiger partial charge in [-0.25, -0.2) is 0 Å². The monoisotopic (exact) mass is 290 g/mol. The zero-order chi connectivity index (χ0) is 15.2. The number of nitrogens with zero attached hydrogens (tertiary/aromatic N) is 2. The summed E-state index contributed by atoms with van der Waals surface area (Å²) < 4.78 is 0. The number of phenolic OH excluding ortho intramolecular Hbond substituents is 1. The first-order valence-electron chi connectivity index (χ1n) is 7.79. The Bertz CT molecular complexity index is 470. The van der Waals surface area contributed by atoms with E-state index >= 15 is 0 Å². The molecule has 2 rings (SSSR count). The number of likely N-dealkylation sites (N-methyl/N-ethyl adjacent to an activating group) is 2. The molecule has 4 nitrogen and oxygen atoms in total. The molecule has 1 amide bonds. The van der Waals surface area contributed by atoms with Gasteiger partial charge in [-0.1, -0.05) is 31.0 Å². The maximum absolute atomic E-state index is 12.2. The van der Waals surface area contributed by atoms with E-state index < -0.39 is 0 Å². The lowest BCUT2D eigenvalue weighted by atomic mass is 10.1. The Morgan fingerprint density at radius 2 is 1.86 bits per heavy atom. The molecular weight excluding hydrogens is 264 g/mol. The number of phenols is 1. The number of aromatic hydroxyl groups is 1. The standard InChI is InChI=1S/C17H26N2O2/c1-18(15-8-4-5-9-15)11-12-19(2)17(21)13-14-7-3-6-10-16(14)20/h3,6-7,10,15,20H,4-5,8-9,11-13H2,1-2H3. The molecule has 0 spiro atoms. The van der Waals surface area contributed by atoms with Crippen molar-refractivity contribution in [1.29, 1.82) is 0 Å². The van der Waals surface area contributed by atoms with Crippen molar-refractivity contribution in [3.05, 3.63) is 29.8 Å². The highest BCUT2D eigenvalue weighted by atomic mass is 16.3. The van der Waals surface area contributed by atoms with E-state index in [-0.39, 0.29) is 18.1 Å². The molecule has 116 valence electrons. The molecule has 1 N–H and O–H groups in total. The largest absolute Gasteiger partial charge is 0.508 e. The third kappa shape index (κ3) is 4.46. The summed E-state index contributed by atoms with van der Waals surface area (Å²) in [5, 5.41) is 9.72. The van der Waals surface area contributed by atoms with Gasteiger partial charge in [-0.05, 0) is 26.0 Å². The van der Waals surface area contributed by atoms with Crippen LogP contribution in [0.5, 0.6) is 5.75 Å². The van der Waals surface area contributed by atoms with E-state index in [1.165, 1.54) is 25.7 Å². The Kier molecular flexibility index (Phi) is 5.62. The second kappa shape index (κ2) is 7.46. The molecule has 1 aliphatic rings. The second-order valence-corrected chi connectivity index (χ2v) is 6.04. The molecule has 1 aromatic rings. The predicted molar refractivity (Wildman–Crippen MR) is 84.3 cm³/mol. The van der Waals surface area contributed by atoms with Crippen LogP contribution >= 0.6 is 0 Å². The van der Waals surface area contributed by atoms with Crippen LogP contribution in [-0.4, -0.2) is 54.0 Å². The first-order chi connectivity index (χ1) is 10.1. The maximum Gasteiger partial charge on any atom is 0.226 e. The van der Waals surface area contributed by atoms with Crippen LogP contribution in [0.15, 0.2) is 24.3 Å².